The first-order valence-electron chi connectivity index (χ1n) is 4.16. The molecule has 1 unspecified atom stereocenters. The predicted octanol–water partition coefficient (Wildman–Crippen LogP) is 1.66. The van der Waals surface area contributed by atoms with E-state index in [0.717, 1.165) is 6.42 Å². The summed E-state index contributed by atoms with van der Waals surface area (Å²) in [6.07, 6.45) is 0.810. The van der Waals surface area contributed by atoms with Crippen LogP contribution < -0.4 is 0 Å². The lowest BCUT2D eigenvalue weighted by Gasteiger charge is -2.25. The van der Waals surface area contributed by atoms with Crippen LogP contribution in [-0.2, 0) is 14.3 Å². The summed E-state index contributed by atoms with van der Waals surface area (Å²) >= 11 is 0. The van der Waals surface area contributed by atoms with Crippen molar-refractivity contribution in [3.05, 3.63) is 0 Å². The second kappa shape index (κ2) is 5.14. The zero-order chi connectivity index (χ0) is 9.61. The van der Waals surface area contributed by atoms with Gasteiger partial charge in [-0.05, 0) is 27.2 Å². The molecular weight excluding hydrogens is 156 g/mol. The van der Waals surface area contributed by atoms with Gasteiger partial charge in [-0.3, -0.25) is 0 Å². The molecule has 0 N–H and O–H groups in total. The summed E-state index contributed by atoms with van der Waals surface area (Å²) in [5, 5.41) is 0. The van der Waals surface area contributed by atoms with Gasteiger partial charge in [0.05, 0.1) is 11.7 Å². The molecule has 1 radical (unpaired) electrons. The van der Waals surface area contributed by atoms with Crippen LogP contribution in [0.15, 0.2) is 0 Å². The van der Waals surface area contributed by atoms with Crippen molar-refractivity contribution in [3.8, 4) is 0 Å². The van der Waals surface area contributed by atoms with Crippen molar-refractivity contribution >= 4 is 6.47 Å². The third-order valence-electron chi connectivity index (χ3n) is 1.30. The van der Waals surface area contributed by atoms with Crippen LogP contribution >= 0.6 is 0 Å². The van der Waals surface area contributed by atoms with Crippen molar-refractivity contribution in [3.63, 3.8) is 0 Å². The zero-order valence-electron chi connectivity index (χ0n) is 8.22. The Hall–Kier alpha value is -0.570. The summed E-state index contributed by atoms with van der Waals surface area (Å²) in [5.41, 5.74) is -0.188. The first-order valence-corrected chi connectivity index (χ1v) is 4.16. The molecule has 3 nitrogen and oxygen atoms in total. The Balaban J connectivity index is 3.74. The molecule has 0 heterocycles. The molecule has 12 heavy (non-hydrogen) atoms. The molecule has 0 spiro atoms. The van der Waals surface area contributed by atoms with Crippen LogP contribution in [0.2, 0.25) is 0 Å². The molecule has 0 aliphatic heterocycles. The van der Waals surface area contributed by atoms with Crippen LogP contribution in [0.25, 0.3) is 0 Å². The molecule has 0 aromatic carbocycles. The topological polar surface area (TPSA) is 35.5 Å². The lowest BCUT2D eigenvalue weighted by Crippen LogP contribution is -2.30. The Morgan fingerprint density at radius 2 is 2.00 bits per heavy atom. The van der Waals surface area contributed by atoms with Crippen molar-refractivity contribution in [1.29, 1.82) is 0 Å². The SMILES string of the molecule is CCC(CO[C]=O)OC(C)(C)C. The maximum absolute atomic E-state index is 9.79. The number of hydrogen-bond acceptors (Lipinski definition) is 3. The monoisotopic (exact) mass is 173 g/mol. The van der Waals surface area contributed by atoms with E-state index in [1.807, 2.05) is 27.7 Å². The molecule has 0 aromatic heterocycles. The van der Waals surface area contributed by atoms with Gasteiger partial charge in [-0.25, -0.2) is 4.79 Å². The predicted molar refractivity (Wildman–Crippen MR) is 46.6 cm³/mol. The van der Waals surface area contributed by atoms with E-state index < -0.39 is 0 Å². The van der Waals surface area contributed by atoms with E-state index in [9.17, 15) is 4.79 Å². The molecule has 0 aromatic rings. The van der Waals surface area contributed by atoms with Crippen LogP contribution in [0.4, 0.5) is 0 Å². The molecule has 1 atom stereocenters. The maximum atomic E-state index is 9.79. The van der Waals surface area contributed by atoms with Crippen LogP contribution in [0, 0.1) is 0 Å². The van der Waals surface area contributed by atoms with Gasteiger partial charge in [0.15, 0.2) is 0 Å². The third kappa shape index (κ3) is 6.16. The van der Waals surface area contributed by atoms with E-state index in [1.165, 1.54) is 6.47 Å². The molecule has 71 valence electrons. The van der Waals surface area contributed by atoms with Gasteiger partial charge >= 0.3 is 6.47 Å². The molecule has 0 fully saturated rings. The second-order valence-corrected chi connectivity index (χ2v) is 3.65. The highest BCUT2D eigenvalue weighted by molar-refractivity contribution is 5.38. The molecule has 0 aliphatic rings. The third-order valence-corrected chi connectivity index (χ3v) is 1.30. The Bertz CT molecular complexity index is 126. The van der Waals surface area contributed by atoms with E-state index in [2.05, 4.69) is 4.74 Å². The Morgan fingerprint density at radius 3 is 2.33 bits per heavy atom. The summed E-state index contributed by atoms with van der Waals surface area (Å²) in [6, 6.07) is 0. The van der Waals surface area contributed by atoms with Crippen molar-refractivity contribution in [2.75, 3.05) is 6.61 Å². The average molecular weight is 173 g/mol. The van der Waals surface area contributed by atoms with Crippen molar-refractivity contribution in [1.82, 2.24) is 0 Å². The smallest absolute Gasteiger partial charge is 0.417 e. The minimum Gasteiger partial charge on any atom is -0.455 e. The van der Waals surface area contributed by atoms with Crippen LogP contribution in [0.1, 0.15) is 34.1 Å². The molecule has 0 amide bonds. The van der Waals surface area contributed by atoms with Crippen molar-refractivity contribution in [2.24, 2.45) is 0 Å². The fraction of sp³-hybridized carbons (Fsp3) is 0.889. The lowest BCUT2D eigenvalue weighted by atomic mass is 10.1. The quantitative estimate of drug-likeness (QED) is 0.634. The van der Waals surface area contributed by atoms with Crippen molar-refractivity contribution in [2.45, 2.75) is 45.8 Å². The highest BCUT2D eigenvalue weighted by Gasteiger charge is 2.17. The van der Waals surface area contributed by atoms with Gasteiger partial charge < -0.3 is 9.47 Å². The maximum Gasteiger partial charge on any atom is 0.417 e. The van der Waals surface area contributed by atoms with Gasteiger partial charge in [0.2, 0.25) is 0 Å². The molecule has 0 rings (SSSR count). The Kier molecular flexibility index (Phi) is 4.90. The van der Waals surface area contributed by atoms with E-state index in [0.29, 0.717) is 0 Å². The van der Waals surface area contributed by atoms with E-state index in [-0.39, 0.29) is 18.3 Å². The largest absolute Gasteiger partial charge is 0.455 e. The average Bonchev–Trinajstić information content (AvgIpc) is 1.95. The summed E-state index contributed by atoms with van der Waals surface area (Å²) in [5.74, 6) is 0. The number of hydrogen-bond donors (Lipinski definition) is 0. The number of carbonyl (C=O) groups excluding carboxylic acids is 1. The Labute approximate surface area is 74.0 Å². The molecule has 0 saturated heterocycles. The van der Waals surface area contributed by atoms with Gasteiger partial charge in [-0.1, -0.05) is 6.92 Å². The van der Waals surface area contributed by atoms with Gasteiger partial charge in [0.25, 0.3) is 0 Å². The minimum absolute atomic E-state index is 0.0218. The molecule has 3 heteroatoms. The first kappa shape index (κ1) is 11.4. The minimum atomic E-state index is -0.188. The summed E-state index contributed by atoms with van der Waals surface area (Å²) in [6.45, 7) is 9.59. The summed E-state index contributed by atoms with van der Waals surface area (Å²) < 4.78 is 10.1. The van der Waals surface area contributed by atoms with E-state index >= 15 is 0 Å². The van der Waals surface area contributed by atoms with Gasteiger partial charge in [0, 0.05) is 0 Å². The van der Waals surface area contributed by atoms with Crippen LogP contribution in [-0.4, -0.2) is 24.8 Å². The standard InChI is InChI=1S/C9H17O3/c1-5-8(6-11-7-10)12-9(2,3)4/h8H,5-6H2,1-4H3. The molecule has 0 bridgehead atoms. The molecule has 0 aliphatic carbocycles. The normalized spacial score (nSPS) is 14.0. The Morgan fingerprint density at radius 1 is 1.42 bits per heavy atom. The van der Waals surface area contributed by atoms with E-state index in [1.54, 1.807) is 0 Å². The van der Waals surface area contributed by atoms with E-state index in [4.69, 9.17) is 4.74 Å². The van der Waals surface area contributed by atoms with Crippen LogP contribution in [0.3, 0.4) is 0 Å². The van der Waals surface area contributed by atoms with Gasteiger partial charge in [-0.15, -0.1) is 0 Å². The molecular formula is C9H17O3. The fourth-order valence-corrected chi connectivity index (χ4v) is 0.862. The van der Waals surface area contributed by atoms with Crippen molar-refractivity contribution < 1.29 is 14.3 Å². The first-order chi connectivity index (χ1) is 5.49. The summed E-state index contributed by atoms with van der Waals surface area (Å²) in [4.78, 5) is 9.79. The van der Waals surface area contributed by atoms with Crippen LogP contribution in [0.5, 0.6) is 0 Å². The fourth-order valence-electron chi connectivity index (χ4n) is 0.862. The van der Waals surface area contributed by atoms with Gasteiger partial charge in [0.1, 0.15) is 6.61 Å². The number of rotatable bonds is 5. The zero-order valence-corrected chi connectivity index (χ0v) is 8.22. The second-order valence-electron chi connectivity index (χ2n) is 3.65. The summed E-state index contributed by atoms with van der Waals surface area (Å²) in [7, 11) is 0. The lowest BCUT2D eigenvalue weighted by molar-refractivity contribution is -0.0788. The highest BCUT2D eigenvalue weighted by Crippen LogP contribution is 2.12. The molecule has 0 saturated carbocycles. The highest BCUT2D eigenvalue weighted by atomic mass is 16.6. The van der Waals surface area contributed by atoms with Gasteiger partial charge in [-0.2, -0.15) is 0 Å². The number of ether oxygens (including phenoxy) is 2.